The van der Waals surface area contributed by atoms with Crippen LogP contribution in [0.2, 0.25) is 0 Å². The second-order valence-corrected chi connectivity index (χ2v) is 6.75. The molecule has 0 bridgehead atoms. The molecule has 0 aliphatic carbocycles. The number of thioether (sulfide) groups is 2. The minimum atomic E-state index is -0.296. The van der Waals surface area contributed by atoms with Crippen molar-refractivity contribution in [3.8, 4) is 0 Å². The molecule has 1 heterocycles. The van der Waals surface area contributed by atoms with E-state index < -0.39 is 0 Å². The van der Waals surface area contributed by atoms with Crippen molar-refractivity contribution >= 4 is 35.6 Å². The zero-order valence-electron chi connectivity index (χ0n) is 9.16. The zero-order valence-corrected chi connectivity index (χ0v) is 10.8. The Bertz CT molecular complexity index is 223. The second kappa shape index (κ2) is 6.59. The van der Waals surface area contributed by atoms with E-state index in [1.807, 2.05) is 0 Å². The van der Waals surface area contributed by atoms with Crippen molar-refractivity contribution in [2.45, 2.75) is 43.1 Å². The first kappa shape index (κ1) is 13.1. The molecule has 0 aromatic rings. The van der Waals surface area contributed by atoms with Crippen molar-refractivity contribution in [2.24, 2.45) is 0 Å². The molecule has 1 aliphatic rings. The fraction of sp³-hybridized carbons (Fsp3) is 0.818. The molecule has 1 rings (SSSR count). The molecule has 4 heteroatoms. The summed E-state index contributed by atoms with van der Waals surface area (Å²) in [5, 5.41) is 0. The predicted octanol–water partition coefficient (Wildman–Crippen LogP) is 2.90. The van der Waals surface area contributed by atoms with Gasteiger partial charge in [0.05, 0.1) is 6.42 Å². The van der Waals surface area contributed by atoms with Crippen molar-refractivity contribution in [1.29, 1.82) is 0 Å². The molecule has 0 radical (unpaired) electrons. The summed E-state index contributed by atoms with van der Waals surface area (Å²) in [6.07, 6.45) is 5.11. The van der Waals surface area contributed by atoms with E-state index in [1.165, 1.54) is 6.42 Å². The molecule has 15 heavy (non-hydrogen) atoms. The largest absolute Gasteiger partial charge is 0.303 e. The standard InChI is InChI=1S/C11H18O2S2/c1-2-3-6-11(10(13)5-7-12)14-8-4-9-15-11/h7H,2-6,8-9H2,1H3. The number of ketones is 1. The highest BCUT2D eigenvalue weighted by molar-refractivity contribution is 8.19. The average Bonchev–Trinajstić information content (AvgIpc) is 2.28. The SMILES string of the molecule is CCCCC1(C(=O)CC=O)SCCCS1. The summed E-state index contributed by atoms with van der Waals surface area (Å²) in [4.78, 5) is 22.4. The van der Waals surface area contributed by atoms with E-state index in [4.69, 9.17) is 0 Å². The maximum Gasteiger partial charge on any atom is 0.165 e. The Balaban J connectivity index is 2.64. The van der Waals surface area contributed by atoms with Crippen LogP contribution in [-0.2, 0) is 9.59 Å². The van der Waals surface area contributed by atoms with Crippen LogP contribution in [0, 0.1) is 0 Å². The molecule has 0 aromatic heterocycles. The molecule has 0 saturated carbocycles. The molecule has 1 fully saturated rings. The third-order valence-corrected chi connectivity index (χ3v) is 6.00. The number of hydrogen-bond donors (Lipinski definition) is 0. The first-order valence-corrected chi connectivity index (χ1v) is 7.47. The highest BCUT2D eigenvalue weighted by Crippen LogP contribution is 2.46. The fourth-order valence-corrected chi connectivity index (χ4v) is 4.98. The van der Waals surface area contributed by atoms with Crippen molar-refractivity contribution in [2.75, 3.05) is 11.5 Å². The van der Waals surface area contributed by atoms with Gasteiger partial charge in [0.2, 0.25) is 0 Å². The number of carbonyl (C=O) groups is 2. The van der Waals surface area contributed by atoms with Gasteiger partial charge >= 0.3 is 0 Å². The van der Waals surface area contributed by atoms with Crippen LogP contribution in [0.25, 0.3) is 0 Å². The highest BCUT2D eigenvalue weighted by atomic mass is 32.2. The van der Waals surface area contributed by atoms with Crippen LogP contribution in [0.3, 0.4) is 0 Å². The Morgan fingerprint density at radius 3 is 2.60 bits per heavy atom. The Morgan fingerprint density at radius 1 is 1.40 bits per heavy atom. The predicted molar refractivity (Wildman–Crippen MR) is 67.5 cm³/mol. The van der Waals surface area contributed by atoms with Gasteiger partial charge in [0.25, 0.3) is 0 Å². The lowest BCUT2D eigenvalue weighted by Crippen LogP contribution is -2.35. The monoisotopic (exact) mass is 246 g/mol. The summed E-state index contributed by atoms with van der Waals surface area (Å²) in [5.41, 5.74) is 0. The van der Waals surface area contributed by atoms with Gasteiger partial charge < -0.3 is 4.79 Å². The van der Waals surface area contributed by atoms with Crippen molar-refractivity contribution < 1.29 is 9.59 Å². The lowest BCUT2D eigenvalue weighted by atomic mass is 10.1. The van der Waals surface area contributed by atoms with E-state index in [0.29, 0.717) is 0 Å². The smallest absolute Gasteiger partial charge is 0.165 e. The van der Waals surface area contributed by atoms with Gasteiger partial charge in [-0.15, -0.1) is 23.5 Å². The first-order valence-electron chi connectivity index (χ1n) is 5.50. The molecular weight excluding hydrogens is 228 g/mol. The number of aldehydes is 1. The molecule has 86 valence electrons. The van der Waals surface area contributed by atoms with Crippen molar-refractivity contribution in [3.63, 3.8) is 0 Å². The number of Topliss-reactive ketones (excluding diaryl/α,β-unsaturated/α-hetero) is 1. The Labute approximate surface area is 100.0 Å². The van der Waals surface area contributed by atoms with Crippen LogP contribution in [-0.4, -0.2) is 27.7 Å². The van der Waals surface area contributed by atoms with Crippen LogP contribution >= 0.6 is 23.5 Å². The molecule has 0 unspecified atom stereocenters. The van der Waals surface area contributed by atoms with Crippen LogP contribution in [0.15, 0.2) is 0 Å². The highest BCUT2D eigenvalue weighted by Gasteiger charge is 2.39. The third kappa shape index (κ3) is 3.52. The number of carbonyl (C=O) groups excluding carboxylic acids is 2. The maximum atomic E-state index is 12.0. The summed E-state index contributed by atoms with van der Waals surface area (Å²) < 4.78 is -0.296. The maximum absolute atomic E-state index is 12.0. The van der Waals surface area contributed by atoms with E-state index in [0.717, 1.165) is 37.1 Å². The molecule has 0 atom stereocenters. The van der Waals surface area contributed by atoms with Crippen LogP contribution in [0.4, 0.5) is 0 Å². The summed E-state index contributed by atoms with van der Waals surface area (Å²) in [5.74, 6) is 2.24. The lowest BCUT2D eigenvalue weighted by molar-refractivity contribution is -0.122. The summed E-state index contributed by atoms with van der Waals surface area (Å²) in [6.45, 7) is 2.13. The number of hydrogen-bond acceptors (Lipinski definition) is 4. The topological polar surface area (TPSA) is 34.1 Å². The van der Waals surface area contributed by atoms with Gasteiger partial charge in [0.1, 0.15) is 10.4 Å². The quantitative estimate of drug-likeness (QED) is 0.533. The minimum Gasteiger partial charge on any atom is -0.303 e. The average molecular weight is 246 g/mol. The summed E-state index contributed by atoms with van der Waals surface area (Å²) in [6, 6.07) is 0. The van der Waals surface area contributed by atoms with Gasteiger partial charge in [0.15, 0.2) is 5.78 Å². The van der Waals surface area contributed by atoms with E-state index in [2.05, 4.69) is 6.92 Å². The first-order chi connectivity index (χ1) is 7.25. The van der Waals surface area contributed by atoms with Gasteiger partial charge in [0, 0.05) is 0 Å². The molecule has 1 saturated heterocycles. The van der Waals surface area contributed by atoms with E-state index in [9.17, 15) is 9.59 Å². The Hall–Kier alpha value is 0.0400. The number of rotatable bonds is 6. The molecule has 0 N–H and O–H groups in total. The van der Waals surface area contributed by atoms with Gasteiger partial charge in [-0.05, 0) is 24.3 Å². The fourth-order valence-electron chi connectivity index (χ4n) is 1.66. The summed E-state index contributed by atoms with van der Waals surface area (Å²) in [7, 11) is 0. The van der Waals surface area contributed by atoms with E-state index in [-0.39, 0.29) is 16.3 Å². The van der Waals surface area contributed by atoms with Gasteiger partial charge in [-0.25, -0.2) is 0 Å². The molecule has 0 spiro atoms. The van der Waals surface area contributed by atoms with Crippen molar-refractivity contribution in [1.82, 2.24) is 0 Å². The Morgan fingerprint density at radius 2 is 2.07 bits per heavy atom. The zero-order chi connectivity index (χ0) is 11.1. The molecule has 0 aromatic carbocycles. The third-order valence-electron chi connectivity index (χ3n) is 2.51. The van der Waals surface area contributed by atoms with E-state index in [1.54, 1.807) is 23.5 Å². The van der Waals surface area contributed by atoms with Crippen LogP contribution in [0.5, 0.6) is 0 Å². The van der Waals surface area contributed by atoms with Crippen LogP contribution in [0.1, 0.15) is 39.0 Å². The molecule has 1 aliphatic heterocycles. The van der Waals surface area contributed by atoms with Crippen molar-refractivity contribution in [3.05, 3.63) is 0 Å². The van der Waals surface area contributed by atoms with Crippen LogP contribution < -0.4 is 0 Å². The Kier molecular flexibility index (Phi) is 5.75. The molecular formula is C11H18O2S2. The second-order valence-electron chi connectivity index (χ2n) is 3.70. The van der Waals surface area contributed by atoms with Gasteiger partial charge in [-0.2, -0.15) is 0 Å². The summed E-state index contributed by atoms with van der Waals surface area (Å²) >= 11 is 3.51. The lowest BCUT2D eigenvalue weighted by Gasteiger charge is -2.34. The van der Waals surface area contributed by atoms with E-state index >= 15 is 0 Å². The van der Waals surface area contributed by atoms with Gasteiger partial charge in [-0.1, -0.05) is 19.8 Å². The van der Waals surface area contributed by atoms with Gasteiger partial charge in [-0.3, -0.25) is 4.79 Å². The normalized spacial score (nSPS) is 19.8. The number of unbranched alkanes of at least 4 members (excludes halogenated alkanes) is 1. The molecule has 2 nitrogen and oxygen atoms in total. The molecule has 0 amide bonds. The minimum absolute atomic E-state index is 0.0870.